The van der Waals surface area contributed by atoms with Crippen LogP contribution in [0.2, 0.25) is 0 Å². The second-order valence-electron chi connectivity index (χ2n) is 4.62. The van der Waals surface area contributed by atoms with Gasteiger partial charge in [-0.05, 0) is 12.2 Å². The van der Waals surface area contributed by atoms with E-state index in [1.165, 1.54) is 21.4 Å². The van der Waals surface area contributed by atoms with E-state index in [0.717, 1.165) is 17.9 Å². The van der Waals surface area contributed by atoms with Gasteiger partial charge in [0, 0.05) is 25.0 Å². The van der Waals surface area contributed by atoms with Crippen molar-refractivity contribution in [1.29, 1.82) is 0 Å². The molecule has 2 rings (SSSR count). The summed E-state index contributed by atoms with van der Waals surface area (Å²) in [5.74, 6) is 0.843. The molecule has 1 aliphatic heterocycles. The number of aromatic nitrogens is 2. The third-order valence-electron chi connectivity index (χ3n) is 3.26. The molecule has 9 heteroatoms. The smallest absolute Gasteiger partial charge is 0.305 e. The number of rotatable bonds is 6. The molecule has 0 bridgehead atoms. The third kappa shape index (κ3) is 3.33. The van der Waals surface area contributed by atoms with Crippen LogP contribution in [0.4, 0.5) is 0 Å². The molecule has 0 aromatic carbocycles. The van der Waals surface area contributed by atoms with E-state index in [9.17, 15) is 13.2 Å². The van der Waals surface area contributed by atoms with Crippen molar-refractivity contribution in [3.8, 4) is 0 Å². The summed E-state index contributed by atoms with van der Waals surface area (Å²) < 4.78 is 27.6. The molecular weight excluding hydrogens is 302 g/mol. The highest BCUT2D eigenvalue weighted by Gasteiger charge is 2.31. The van der Waals surface area contributed by atoms with Crippen molar-refractivity contribution < 1.29 is 18.3 Å². The standard InChI is InChI=1S/C11H17N3O4S2/c1-13(9-3-5-19-8-9)20(17,18)10-6-12-14(7-10)4-2-11(15)16/h6-7,9H,2-5,8H2,1H3,(H,15,16). The first-order valence-electron chi connectivity index (χ1n) is 6.21. The van der Waals surface area contributed by atoms with Gasteiger partial charge in [-0.15, -0.1) is 0 Å². The summed E-state index contributed by atoms with van der Waals surface area (Å²) in [6.45, 7) is 0.161. The Morgan fingerprint density at radius 1 is 1.65 bits per heavy atom. The molecule has 0 radical (unpaired) electrons. The predicted octanol–water partition coefficient (Wildman–Crippen LogP) is 0.484. The van der Waals surface area contributed by atoms with Crippen molar-refractivity contribution in [2.24, 2.45) is 0 Å². The zero-order valence-electron chi connectivity index (χ0n) is 11.1. The summed E-state index contributed by atoms with van der Waals surface area (Å²) in [4.78, 5) is 10.6. The maximum absolute atomic E-state index is 12.4. The molecule has 0 saturated carbocycles. The molecule has 0 aliphatic carbocycles. The van der Waals surface area contributed by atoms with Crippen LogP contribution in [0.25, 0.3) is 0 Å². The molecule has 112 valence electrons. The molecule has 0 spiro atoms. The van der Waals surface area contributed by atoms with Gasteiger partial charge in [0.1, 0.15) is 4.90 Å². The van der Waals surface area contributed by atoms with Gasteiger partial charge in [-0.1, -0.05) is 0 Å². The van der Waals surface area contributed by atoms with Crippen LogP contribution >= 0.6 is 11.8 Å². The Morgan fingerprint density at radius 3 is 3.00 bits per heavy atom. The summed E-state index contributed by atoms with van der Waals surface area (Å²) in [6, 6.07) is 0.0207. The largest absolute Gasteiger partial charge is 0.481 e. The van der Waals surface area contributed by atoms with E-state index < -0.39 is 16.0 Å². The molecule has 1 aliphatic rings. The number of carbonyl (C=O) groups is 1. The number of hydrogen-bond donors (Lipinski definition) is 1. The second kappa shape index (κ2) is 6.15. The molecule has 1 atom stereocenters. The van der Waals surface area contributed by atoms with Crippen LogP contribution in [0.5, 0.6) is 0 Å². The van der Waals surface area contributed by atoms with Crippen molar-refractivity contribution in [2.75, 3.05) is 18.6 Å². The van der Waals surface area contributed by atoms with E-state index in [2.05, 4.69) is 5.10 Å². The molecule has 20 heavy (non-hydrogen) atoms. The van der Waals surface area contributed by atoms with Gasteiger partial charge in [-0.25, -0.2) is 8.42 Å². The average molecular weight is 319 g/mol. The SMILES string of the molecule is CN(C1CCSC1)S(=O)(=O)c1cnn(CCC(=O)O)c1. The lowest BCUT2D eigenvalue weighted by Crippen LogP contribution is -2.36. The van der Waals surface area contributed by atoms with Crippen LogP contribution in [-0.4, -0.2) is 58.2 Å². The zero-order chi connectivity index (χ0) is 14.8. The fourth-order valence-corrected chi connectivity index (χ4v) is 4.68. The normalized spacial score (nSPS) is 19.6. The summed E-state index contributed by atoms with van der Waals surface area (Å²) >= 11 is 1.75. The Hall–Kier alpha value is -1.06. The highest BCUT2D eigenvalue weighted by Crippen LogP contribution is 2.25. The number of aryl methyl sites for hydroxylation is 1. The fraction of sp³-hybridized carbons (Fsp3) is 0.636. The van der Waals surface area contributed by atoms with Crippen LogP contribution in [0, 0.1) is 0 Å². The van der Waals surface area contributed by atoms with Crippen LogP contribution in [-0.2, 0) is 21.4 Å². The fourth-order valence-electron chi connectivity index (χ4n) is 1.98. The second-order valence-corrected chi connectivity index (χ2v) is 7.77. The number of nitrogens with zero attached hydrogens (tertiary/aromatic N) is 3. The van der Waals surface area contributed by atoms with E-state index in [0.29, 0.717) is 0 Å². The third-order valence-corrected chi connectivity index (χ3v) is 6.27. The first-order valence-corrected chi connectivity index (χ1v) is 8.81. The van der Waals surface area contributed by atoms with Crippen LogP contribution in [0.3, 0.4) is 0 Å². The Balaban J connectivity index is 2.11. The number of sulfonamides is 1. The van der Waals surface area contributed by atoms with E-state index in [4.69, 9.17) is 5.11 Å². The topological polar surface area (TPSA) is 92.5 Å². The van der Waals surface area contributed by atoms with E-state index in [1.807, 2.05) is 0 Å². The maximum Gasteiger partial charge on any atom is 0.305 e. The maximum atomic E-state index is 12.4. The molecule has 1 fully saturated rings. The van der Waals surface area contributed by atoms with Gasteiger partial charge in [0.15, 0.2) is 0 Å². The van der Waals surface area contributed by atoms with Gasteiger partial charge in [-0.3, -0.25) is 9.48 Å². The van der Waals surface area contributed by atoms with E-state index in [-0.39, 0.29) is 23.9 Å². The van der Waals surface area contributed by atoms with Gasteiger partial charge in [-0.2, -0.15) is 21.2 Å². The van der Waals surface area contributed by atoms with E-state index >= 15 is 0 Å². The minimum Gasteiger partial charge on any atom is -0.481 e. The van der Waals surface area contributed by atoms with Gasteiger partial charge < -0.3 is 5.11 Å². The first-order chi connectivity index (χ1) is 9.41. The number of carboxylic acid groups (broad SMARTS) is 1. The quantitative estimate of drug-likeness (QED) is 0.820. The predicted molar refractivity (Wildman–Crippen MR) is 75.2 cm³/mol. The molecule has 0 amide bonds. The highest BCUT2D eigenvalue weighted by molar-refractivity contribution is 7.99. The van der Waals surface area contributed by atoms with E-state index in [1.54, 1.807) is 18.8 Å². The van der Waals surface area contributed by atoms with Gasteiger partial charge in [0.05, 0.1) is 19.2 Å². The molecule has 2 heterocycles. The summed E-state index contributed by atoms with van der Waals surface area (Å²) in [5, 5.41) is 12.5. The molecule has 7 nitrogen and oxygen atoms in total. The lowest BCUT2D eigenvalue weighted by molar-refractivity contribution is -0.137. The monoisotopic (exact) mass is 319 g/mol. The first kappa shape index (κ1) is 15.3. The summed E-state index contributed by atoms with van der Waals surface area (Å²) in [7, 11) is -1.97. The van der Waals surface area contributed by atoms with Gasteiger partial charge in [0.2, 0.25) is 10.0 Å². The minimum atomic E-state index is -3.55. The van der Waals surface area contributed by atoms with Crippen LogP contribution < -0.4 is 0 Å². The average Bonchev–Trinajstić information content (AvgIpc) is 3.06. The summed E-state index contributed by atoms with van der Waals surface area (Å²) in [5.41, 5.74) is 0. The molecule has 1 saturated heterocycles. The molecule has 1 aromatic rings. The molecule has 1 aromatic heterocycles. The van der Waals surface area contributed by atoms with Crippen molar-refractivity contribution in [1.82, 2.24) is 14.1 Å². The lowest BCUT2D eigenvalue weighted by Gasteiger charge is -2.22. The van der Waals surface area contributed by atoms with Gasteiger partial charge >= 0.3 is 5.97 Å². The molecular formula is C11H17N3O4S2. The Morgan fingerprint density at radius 2 is 2.40 bits per heavy atom. The molecule has 1 N–H and O–H groups in total. The Labute approximate surface area is 122 Å². The number of carboxylic acids is 1. The van der Waals surface area contributed by atoms with Crippen molar-refractivity contribution in [3.05, 3.63) is 12.4 Å². The number of aliphatic carboxylic acids is 1. The van der Waals surface area contributed by atoms with Gasteiger partial charge in [0.25, 0.3) is 0 Å². The summed E-state index contributed by atoms with van der Waals surface area (Å²) in [6.07, 6.45) is 3.43. The van der Waals surface area contributed by atoms with Crippen molar-refractivity contribution in [3.63, 3.8) is 0 Å². The lowest BCUT2D eigenvalue weighted by atomic mass is 10.3. The molecule has 1 unspecified atom stereocenters. The van der Waals surface area contributed by atoms with Crippen LogP contribution in [0.1, 0.15) is 12.8 Å². The van der Waals surface area contributed by atoms with Crippen molar-refractivity contribution >= 4 is 27.8 Å². The minimum absolute atomic E-state index is 0.0207. The number of thioether (sulfide) groups is 1. The van der Waals surface area contributed by atoms with Crippen LogP contribution in [0.15, 0.2) is 17.3 Å². The number of hydrogen-bond acceptors (Lipinski definition) is 5. The highest BCUT2D eigenvalue weighted by atomic mass is 32.2. The Kier molecular flexibility index (Phi) is 4.71. The van der Waals surface area contributed by atoms with Crippen molar-refractivity contribution in [2.45, 2.75) is 30.3 Å². The Bertz CT molecular complexity index is 578. The zero-order valence-corrected chi connectivity index (χ0v) is 12.7.